The zero-order valence-corrected chi connectivity index (χ0v) is 8.54. The summed E-state index contributed by atoms with van der Waals surface area (Å²) in [6, 6.07) is 7.31. The molecule has 0 fully saturated rings. The second-order valence-corrected chi connectivity index (χ2v) is 3.57. The summed E-state index contributed by atoms with van der Waals surface area (Å²) in [6.45, 7) is 0. The summed E-state index contributed by atoms with van der Waals surface area (Å²) in [5.41, 5.74) is 1.57. The average Bonchev–Trinajstić information content (AvgIpc) is 2.67. The van der Waals surface area contributed by atoms with Crippen LogP contribution in [0.2, 0.25) is 0 Å². The van der Waals surface area contributed by atoms with E-state index in [1.807, 2.05) is 17.5 Å². The summed E-state index contributed by atoms with van der Waals surface area (Å²) in [5, 5.41) is 13.8. The van der Waals surface area contributed by atoms with Crippen LogP contribution < -0.4 is 5.32 Å². The van der Waals surface area contributed by atoms with Gasteiger partial charge in [0, 0.05) is 10.8 Å². The van der Waals surface area contributed by atoms with Crippen LogP contribution in [0, 0.1) is 11.3 Å². The van der Waals surface area contributed by atoms with Crippen LogP contribution in [0.25, 0.3) is 10.9 Å². The zero-order chi connectivity index (χ0) is 10.7. The number of aromatic nitrogens is 1. The predicted octanol–water partition coefficient (Wildman–Crippen LogP) is 2.15. The lowest BCUT2D eigenvalue weighted by atomic mass is 10.2. The molecule has 15 heavy (non-hydrogen) atoms. The maximum absolute atomic E-state index is 11.2. The van der Waals surface area contributed by atoms with Crippen molar-refractivity contribution >= 4 is 34.0 Å². The Hall–Kier alpha value is -1.93. The van der Waals surface area contributed by atoms with Crippen LogP contribution in [0.15, 0.2) is 23.6 Å². The second-order valence-electron chi connectivity index (χ2n) is 2.94. The highest BCUT2D eigenvalue weighted by Gasteiger charge is 2.06. The predicted molar refractivity (Wildman–Crippen MR) is 58.5 cm³/mol. The fourth-order valence-corrected chi connectivity index (χ4v) is 1.95. The molecule has 1 aromatic heterocycles. The Labute approximate surface area is 90.3 Å². The first-order chi connectivity index (χ1) is 7.31. The summed E-state index contributed by atoms with van der Waals surface area (Å²) < 4.78 is 4.16. The Balaban J connectivity index is 2.32. The van der Waals surface area contributed by atoms with Crippen molar-refractivity contribution in [1.82, 2.24) is 4.37 Å². The van der Waals surface area contributed by atoms with E-state index in [9.17, 15) is 4.79 Å². The minimum atomic E-state index is -0.295. The Bertz CT molecular complexity index is 541. The van der Waals surface area contributed by atoms with Crippen LogP contribution in [0.1, 0.15) is 6.42 Å². The number of hydrogen-bond donors (Lipinski definition) is 1. The molecule has 1 aromatic carbocycles. The molecule has 2 rings (SSSR count). The molecular formula is C10H7N3OS. The largest absolute Gasteiger partial charge is 0.325 e. The van der Waals surface area contributed by atoms with Gasteiger partial charge in [-0.1, -0.05) is 6.07 Å². The van der Waals surface area contributed by atoms with Crippen LogP contribution in [0.5, 0.6) is 0 Å². The SMILES string of the molecule is N#CCC(=O)Nc1cccc2nscc12. The molecule has 0 spiro atoms. The summed E-state index contributed by atoms with van der Waals surface area (Å²) >= 11 is 1.34. The molecule has 0 atom stereocenters. The Kier molecular flexibility index (Phi) is 2.61. The number of anilines is 1. The van der Waals surface area contributed by atoms with Crippen molar-refractivity contribution in [1.29, 1.82) is 5.26 Å². The van der Waals surface area contributed by atoms with E-state index in [4.69, 9.17) is 5.26 Å². The van der Waals surface area contributed by atoms with Gasteiger partial charge in [0.15, 0.2) is 0 Å². The lowest BCUT2D eigenvalue weighted by Gasteiger charge is -2.02. The molecule has 1 heterocycles. The number of hydrogen-bond acceptors (Lipinski definition) is 4. The first-order valence-electron chi connectivity index (χ1n) is 4.31. The zero-order valence-electron chi connectivity index (χ0n) is 7.73. The Morgan fingerprint density at radius 1 is 1.60 bits per heavy atom. The molecule has 0 saturated carbocycles. The van der Waals surface area contributed by atoms with Gasteiger partial charge in [-0.15, -0.1) is 0 Å². The van der Waals surface area contributed by atoms with Gasteiger partial charge < -0.3 is 5.32 Å². The number of fused-ring (bicyclic) bond motifs is 1. The van der Waals surface area contributed by atoms with E-state index in [1.165, 1.54) is 11.5 Å². The number of rotatable bonds is 2. The topological polar surface area (TPSA) is 65.8 Å². The fourth-order valence-electron chi connectivity index (χ4n) is 1.27. The molecule has 0 bridgehead atoms. The lowest BCUT2D eigenvalue weighted by molar-refractivity contribution is -0.115. The second kappa shape index (κ2) is 4.07. The van der Waals surface area contributed by atoms with Gasteiger partial charge in [0.05, 0.1) is 17.3 Å². The lowest BCUT2D eigenvalue weighted by Crippen LogP contribution is -2.10. The Morgan fingerprint density at radius 2 is 2.47 bits per heavy atom. The molecule has 0 aliphatic heterocycles. The van der Waals surface area contributed by atoms with Crippen molar-refractivity contribution in [2.75, 3.05) is 5.32 Å². The minimum Gasteiger partial charge on any atom is -0.325 e. The summed E-state index contributed by atoms with van der Waals surface area (Å²) in [4.78, 5) is 11.2. The van der Waals surface area contributed by atoms with E-state index in [1.54, 1.807) is 12.1 Å². The van der Waals surface area contributed by atoms with Crippen molar-refractivity contribution in [3.63, 3.8) is 0 Å². The molecule has 2 aromatic rings. The third-order valence-electron chi connectivity index (χ3n) is 1.92. The molecule has 0 aliphatic carbocycles. The molecule has 0 aliphatic rings. The first kappa shape index (κ1) is 9.62. The van der Waals surface area contributed by atoms with Crippen LogP contribution in [-0.2, 0) is 4.79 Å². The monoisotopic (exact) mass is 217 g/mol. The van der Waals surface area contributed by atoms with Gasteiger partial charge in [0.25, 0.3) is 0 Å². The van der Waals surface area contributed by atoms with Crippen LogP contribution in [0.3, 0.4) is 0 Å². The van der Waals surface area contributed by atoms with Crippen molar-refractivity contribution < 1.29 is 4.79 Å². The minimum absolute atomic E-state index is 0.131. The van der Waals surface area contributed by atoms with Gasteiger partial charge in [-0.05, 0) is 23.7 Å². The Morgan fingerprint density at radius 3 is 3.27 bits per heavy atom. The van der Waals surface area contributed by atoms with Crippen LogP contribution in [-0.4, -0.2) is 10.3 Å². The molecular weight excluding hydrogens is 210 g/mol. The van der Waals surface area contributed by atoms with E-state index < -0.39 is 0 Å². The van der Waals surface area contributed by atoms with Gasteiger partial charge in [-0.3, -0.25) is 4.79 Å². The standard InChI is InChI=1S/C10H7N3OS/c11-5-4-10(14)12-8-2-1-3-9-7(8)6-15-13-9/h1-3,6H,4H2,(H,12,14). The maximum atomic E-state index is 11.2. The van der Waals surface area contributed by atoms with Crippen LogP contribution >= 0.6 is 11.5 Å². The number of amides is 1. The van der Waals surface area contributed by atoms with Gasteiger partial charge in [0.1, 0.15) is 6.42 Å². The van der Waals surface area contributed by atoms with Crippen molar-refractivity contribution in [2.45, 2.75) is 6.42 Å². The van der Waals surface area contributed by atoms with Gasteiger partial charge >= 0.3 is 0 Å². The number of nitrogens with zero attached hydrogens (tertiary/aromatic N) is 2. The van der Waals surface area contributed by atoms with E-state index in [0.717, 1.165) is 10.9 Å². The van der Waals surface area contributed by atoms with Crippen molar-refractivity contribution in [2.24, 2.45) is 0 Å². The molecule has 0 unspecified atom stereocenters. The molecule has 4 nitrogen and oxygen atoms in total. The normalized spacial score (nSPS) is 9.80. The number of benzene rings is 1. The van der Waals surface area contributed by atoms with Gasteiger partial charge in [-0.25, -0.2) is 0 Å². The highest BCUT2D eigenvalue weighted by Crippen LogP contribution is 2.24. The van der Waals surface area contributed by atoms with E-state index in [-0.39, 0.29) is 12.3 Å². The molecule has 1 amide bonds. The highest BCUT2D eigenvalue weighted by atomic mass is 32.1. The summed E-state index contributed by atoms with van der Waals surface area (Å²) in [5.74, 6) is -0.295. The van der Waals surface area contributed by atoms with E-state index >= 15 is 0 Å². The number of nitrogens with one attached hydrogen (secondary N) is 1. The van der Waals surface area contributed by atoms with E-state index in [2.05, 4.69) is 9.69 Å². The van der Waals surface area contributed by atoms with E-state index in [0.29, 0.717) is 5.69 Å². The highest BCUT2D eigenvalue weighted by molar-refractivity contribution is 7.04. The number of nitriles is 1. The smallest absolute Gasteiger partial charge is 0.238 e. The third-order valence-corrected chi connectivity index (χ3v) is 2.56. The van der Waals surface area contributed by atoms with Crippen molar-refractivity contribution in [3.8, 4) is 6.07 Å². The summed E-state index contributed by atoms with van der Waals surface area (Å²) in [6.07, 6.45) is -0.131. The quantitative estimate of drug-likeness (QED) is 0.838. The third kappa shape index (κ3) is 1.95. The molecule has 74 valence electrons. The summed E-state index contributed by atoms with van der Waals surface area (Å²) in [7, 11) is 0. The molecule has 0 saturated heterocycles. The number of carbonyl (C=O) groups is 1. The number of carbonyl (C=O) groups excluding carboxylic acids is 1. The maximum Gasteiger partial charge on any atom is 0.238 e. The van der Waals surface area contributed by atoms with Crippen LogP contribution in [0.4, 0.5) is 5.69 Å². The molecule has 5 heteroatoms. The fraction of sp³-hybridized carbons (Fsp3) is 0.100. The first-order valence-corrected chi connectivity index (χ1v) is 5.15. The van der Waals surface area contributed by atoms with Gasteiger partial charge in [0.2, 0.25) is 5.91 Å². The van der Waals surface area contributed by atoms with Gasteiger partial charge in [-0.2, -0.15) is 9.64 Å². The van der Waals surface area contributed by atoms with Crippen molar-refractivity contribution in [3.05, 3.63) is 23.6 Å². The molecule has 1 N–H and O–H groups in total. The average molecular weight is 217 g/mol. The molecule has 0 radical (unpaired) electrons.